The zero-order valence-corrected chi connectivity index (χ0v) is 16.4. The molecule has 0 bridgehead atoms. The van der Waals surface area contributed by atoms with Crippen molar-refractivity contribution in [3.63, 3.8) is 0 Å². The van der Waals surface area contributed by atoms with Gasteiger partial charge in [0, 0.05) is 37.8 Å². The lowest BCUT2D eigenvalue weighted by molar-refractivity contribution is -0.131. The molecule has 1 saturated heterocycles. The van der Waals surface area contributed by atoms with Crippen LogP contribution in [-0.4, -0.2) is 63.1 Å². The second-order valence-corrected chi connectivity index (χ2v) is 7.62. The Morgan fingerprint density at radius 1 is 1.14 bits per heavy atom. The van der Waals surface area contributed by atoms with Crippen LogP contribution in [0.3, 0.4) is 0 Å². The molecule has 28 heavy (non-hydrogen) atoms. The summed E-state index contributed by atoms with van der Waals surface area (Å²) in [5.74, 6) is 0.476. The fraction of sp³-hybridized carbons (Fsp3) is 0.684. The first-order valence-corrected chi connectivity index (χ1v) is 10.1. The van der Waals surface area contributed by atoms with E-state index >= 15 is 0 Å². The molecule has 1 aromatic rings. The second-order valence-electron chi connectivity index (χ2n) is 7.62. The number of rotatable bonds is 6. The molecule has 2 fully saturated rings. The minimum absolute atomic E-state index is 0.117. The number of nitrogens with zero attached hydrogens (tertiary/aromatic N) is 3. The highest BCUT2D eigenvalue weighted by molar-refractivity contribution is 5.97. The average Bonchev–Trinajstić information content (AvgIpc) is 2.69. The van der Waals surface area contributed by atoms with Crippen molar-refractivity contribution >= 4 is 23.6 Å². The van der Waals surface area contributed by atoms with Crippen molar-refractivity contribution in [3.05, 3.63) is 11.8 Å². The molecule has 0 unspecified atom stereocenters. The summed E-state index contributed by atoms with van der Waals surface area (Å²) < 4.78 is 0. The van der Waals surface area contributed by atoms with Gasteiger partial charge < -0.3 is 26.4 Å². The van der Waals surface area contributed by atoms with Gasteiger partial charge in [-0.25, -0.2) is 4.98 Å². The standard InChI is InChI=1S/C19H30N6O3/c1-2-16(27)25-9-7-13(8-10-25)22-18-15(17(20)28)11-21-19(24-18)23-12-3-5-14(26)6-4-12/h11-14,26H,2-10H2,1H3,(H2,20,28)(H2,21,22,23,24). The third-order valence-electron chi connectivity index (χ3n) is 5.58. The van der Waals surface area contributed by atoms with Crippen molar-refractivity contribution in [2.75, 3.05) is 23.7 Å². The van der Waals surface area contributed by atoms with E-state index in [1.165, 1.54) is 6.20 Å². The molecule has 0 aromatic carbocycles. The molecule has 9 nitrogen and oxygen atoms in total. The van der Waals surface area contributed by atoms with Crippen LogP contribution in [0.15, 0.2) is 6.20 Å². The van der Waals surface area contributed by atoms with Crippen molar-refractivity contribution in [1.82, 2.24) is 14.9 Å². The minimum atomic E-state index is -0.576. The van der Waals surface area contributed by atoms with Gasteiger partial charge in [0.1, 0.15) is 5.82 Å². The Bertz CT molecular complexity index is 697. The van der Waals surface area contributed by atoms with Crippen LogP contribution in [0.5, 0.6) is 0 Å². The average molecular weight is 390 g/mol. The Morgan fingerprint density at radius 3 is 2.39 bits per heavy atom. The molecule has 0 radical (unpaired) electrons. The summed E-state index contributed by atoms with van der Waals surface area (Å²) in [6.45, 7) is 3.25. The quantitative estimate of drug-likeness (QED) is 0.571. The highest BCUT2D eigenvalue weighted by Crippen LogP contribution is 2.23. The predicted octanol–water partition coefficient (Wildman–Crippen LogP) is 1.10. The normalized spacial score (nSPS) is 23.3. The zero-order valence-electron chi connectivity index (χ0n) is 16.4. The van der Waals surface area contributed by atoms with E-state index in [1.54, 1.807) is 0 Å². The van der Waals surface area contributed by atoms with Gasteiger partial charge in [-0.15, -0.1) is 0 Å². The number of hydrogen-bond acceptors (Lipinski definition) is 7. The fourth-order valence-electron chi connectivity index (χ4n) is 3.83. The number of anilines is 2. The van der Waals surface area contributed by atoms with E-state index in [-0.39, 0.29) is 29.7 Å². The Morgan fingerprint density at radius 2 is 1.79 bits per heavy atom. The topological polar surface area (TPSA) is 133 Å². The lowest BCUT2D eigenvalue weighted by Gasteiger charge is -2.33. The maximum atomic E-state index is 11.8. The summed E-state index contributed by atoms with van der Waals surface area (Å²) in [6.07, 6.45) is 6.56. The molecule has 1 aromatic heterocycles. The number of amides is 2. The third-order valence-corrected chi connectivity index (χ3v) is 5.58. The molecular formula is C19H30N6O3. The van der Waals surface area contributed by atoms with Crippen LogP contribution in [0.2, 0.25) is 0 Å². The molecule has 1 saturated carbocycles. The van der Waals surface area contributed by atoms with Gasteiger partial charge in [0.2, 0.25) is 11.9 Å². The van der Waals surface area contributed by atoms with Crippen molar-refractivity contribution < 1.29 is 14.7 Å². The number of aromatic nitrogens is 2. The number of carbonyl (C=O) groups excluding carboxylic acids is 2. The Labute approximate surface area is 165 Å². The summed E-state index contributed by atoms with van der Waals surface area (Å²) in [5, 5.41) is 16.3. The molecule has 2 amide bonds. The first kappa shape index (κ1) is 20.3. The molecular weight excluding hydrogens is 360 g/mol. The van der Waals surface area contributed by atoms with Crippen LogP contribution >= 0.6 is 0 Å². The Balaban J connectivity index is 1.65. The van der Waals surface area contributed by atoms with Crippen LogP contribution in [0, 0.1) is 0 Å². The zero-order chi connectivity index (χ0) is 20.1. The number of aliphatic hydroxyl groups is 1. The van der Waals surface area contributed by atoms with Gasteiger partial charge in [-0.3, -0.25) is 9.59 Å². The molecule has 0 atom stereocenters. The highest BCUT2D eigenvalue weighted by atomic mass is 16.3. The third kappa shape index (κ3) is 5.09. The van der Waals surface area contributed by atoms with Crippen LogP contribution < -0.4 is 16.4 Å². The predicted molar refractivity (Wildman–Crippen MR) is 106 cm³/mol. The highest BCUT2D eigenvalue weighted by Gasteiger charge is 2.24. The van der Waals surface area contributed by atoms with Gasteiger partial charge in [-0.05, 0) is 38.5 Å². The lowest BCUT2D eigenvalue weighted by atomic mass is 9.93. The number of nitrogens with one attached hydrogen (secondary N) is 2. The van der Waals surface area contributed by atoms with Gasteiger partial charge in [-0.1, -0.05) is 6.92 Å². The van der Waals surface area contributed by atoms with Crippen LogP contribution in [0.1, 0.15) is 62.2 Å². The molecule has 2 heterocycles. The van der Waals surface area contributed by atoms with E-state index in [2.05, 4.69) is 20.6 Å². The maximum absolute atomic E-state index is 11.8. The Kier molecular flexibility index (Phi) is 6.66. The van der Waals surface area contributed by atoms with Crippen LogP contribution in [-0.2, 0) is 4.79 Å². The van der Waals surface area contributed by atoms with E-state index in [0.717, 1.165) is 38.5 Å². The molecule has 1 aliphatic carbocycles. The summed E-state index contributed by atoms with van der Waals surface area (Å²) in [6, 6.07) is 0.325. The largest absolute Gasteiger partial charge is 0.393 e. The van der Waals surface area contributed by atoms with Crippen LogP contribution in [0.25, 0.3) is 0 Å². The number of aliphatic hydroxyl groups excluding tert-OH is 1. The van der Waals surface area contributed by atoms with E-state index < -0.39 is 5.91 Å². The number of piperidine rings is 1. The van der Waals surface area contributed by atoms with Crippen molar-refractivity contribution in [2.45, 2.75) is 70.1 Å². The molecule has 0 spiro atoms. The summed E-state index contributed by atoms with van der Waals surface area (Å²) >= 11 is 0. The number of primary amides is 1. The van der Waals surface area contributed by atoms with E-state index in [0.29, 0.717) is 31.3 Å². The van der Waals surface area contributed by atoms with Crippen molar-refractivity contribution in [3.8, 4) is 0 Å². The van der Waals surface area contributed by atoms with E-state index in [9.17, 15) is 14.7 Å². The van der Waals surface area contributed by atoms with Gasteiger partial charge in [-0.2, -0.15) is 4.98 Å². The first-order valence-electron chi connectivity index (χ1n) is 10.1. The number of carbonyl (C=O) groups is 2. The molecule has 1 aliphatic heterocycles. The molecule has 9 heteroatoms. The minimum Gasteiger partial charge on any atom is -0.393 e. The van der Waals surface area contributed by atoms with Gasteiger partial charge in [0.05, 0.1) is 11.7 Å². The molecule has 154 valence electrons. The van der Waals surface area contributed by atoms with Gasteiger partial charge in [0.25, 0.3) is 5.91 Å². The lowest BCUT2D eigenvalue weighted by Crippen LogP contribution is -2.42. The first-order chi connectivity index (χ1) is 13.5. The van der Waals surface area contributed by atoms with Crippen molar-refractivity contribution in [1.29, 1.82) is 0 Å². The maximum Gasteiger partial charge on any atom is 0.254 e. The summed E-state index contributed by atoms with van der Waals surface area (Å²) in [7, 11) is 0. The van der Waals surface area contributed by atoms with Crippen LogP contribution in [0.4, 0.5) is 11.8 Å². The number of nitrogens with two attached hydrogens (primary N) is 1. The van der Waals surface area contributed by atoms with E-state index in [1.807, 2.05) is 11.8 Å². The SMILES string of the molecule is CCC(=O)N1CCC(Nc2nc(NC3CCC(O)CC3)ncc2C(N)=O)CC1. The Hall–Kier alpha value is -2.42. The number of likely N-dealkylation sites (tertiary alicyclic amines) is 1. The van der Waals surface area contributed by atoms with Crippen molar-refractivity contribution in [2.24, 2.45) is 5.73 Å². The summed E-state index contributed by atoms with van der Waals surface area (Å²) in [4.78, 5) is 34.2. The van der Waals surface area contributed by atoms with Gasteiger partial charge >= 0.3 is 0 Å². The second kappa shape index (κ2) is 9.18. The smallest absolute Gasteiger partial charge is 0.254 e. The molecule has 5 N–H and O–H groups in total. The fourth-order valence-corrected chi connectivity index (χ4v) is 3.83. The van der Waals surface area contributed by atoms with Gasteiger partial charge in [0.15, 0.2) is 0 Å². The van der Waals surface area contributed by atoms with E-state index in [4.69, 9.17) is 5.73 Å². The molecule has 2 aliphatic rings. The molecule has 3 rings (SSSR count). The number of hydrogen-bond donors (Lipinski definition) is 4. The monoisotopic (exact) mass is 390 g/mol. The summed E-state index contributed by atoms with van der Waals surface area (Å²) in [5.41, 5.74) is 5.75.